The maximum absolute atomic E-state index is 12.6. The Hall–Kier alpha value is -2.05. The van der Waals surface area contributed by atoms with Crippen LogP contribution in [0.4, 0.5) is 0 Å². The molecule has 20 heavy (non-hydrogen) atoms. The normalized spacial score (nSPS) is 11.8. The maximum atomic E-state index is 12.6. The van der Waals surface area contributed by atoms with Crippen molar-refractivity contribution in [1.82, 2.24) is 8.96 Å². The number of halogens is 1. The first-order valence-electron chi connectivity index (χ1n) is 5.67. The monoisotopic (exact) mass is 308 g/mol. The largest absolute Gasteiger partial charge is 0.506 e. The summed E-state index contributed by atoms with van der Waals surface area (Å²) in [5, 5.41) is 10.1. The Morgan fingerprint density at radius 3 is 2.55 bits per heavy atom. The van der Waals surface area contributed by atoms with E-state index in [-0.39, 0.29) is 21.3 Å². The number of hydrogen-bond acceptors (Lipinski definition) is 4. The fraction of sp³-hybridized carbons (Fsp3) is 0. The smallest absolute Gasteiger partial charge is 0.268 e. The van der Waals surface area contributed by atoms with E-state index in [0.29, 0.717) is 5.39 Å². The van der Waals surface area contributed by atoms with Crippen LogP contribution >= 0.6 is 11.6 Å². The fourth-order valence-corrected chi connectivity index (χ4v) is 3.64. The topological polar surface area (TPSA) is 72.2 Å². The highest BCUT2D eigenvalue weighted by Crippen LogP contribution is 2.31. The number of benzene rings is 1. The van der Waals surface area contributed by atoms with Crippen molar-refractivity contribution in [3.8, 4) is 5.75 Å². The van der Waals surface area contributed by atoms with Gasteiger partial charge in [0.25, 0.3) is 10.0 Å². The Kier molecular flexibility index (Phi) is 2.92. The molecule has 0 atom stereocenters. The lowest BCUT2D eigenvalue weighted by Gasteiger charge is -2.08. The molecule has 0 aliphatic rings. The van der Waals surface area contributed by atoms with Crippen LogP contribution in [0, 0.1) is 0 Å². The van der Waals surface area contributed by atoms with Gasteiger partial charge in [0.15, 0.2) is 5.15 Å². The Labute approximate surface area is 120 Å². The summed E-state index contributed by atoms with van der Waals surface area (Å²) in [4.78, 5) is 3.91. The van der Waals surface area contributed by atoms with Gasteiger partial charge in [0, 0.05) is 11.6 Å². The summed E-state index contributed by atoms with van der Waals surface area (Å²) >= 11 is 5.96. The van der Waals surface area contributed by atoms with Crippen LogP contribution in [0.1, 0.15) is 0 Å². The van der Waals surface area contributed by atoms with E-state index in [1.807, 2.05) is 0 Å². The van der Waals surface area contributed by atoms with Crippen LogP contribution in [0.25, 0.3) is 10.9 Å². The van der Waals surface area contributed by atoms with Gasteiger partial charge in [-0.05, 0) is 18.2 Å². The second-order valence-corrected chi connectivity index (χ2v) is 6.30. The third-order valence-electron chi connectivity index (χ3n) is 2.92. The molecular weight excluding hydrogens is 300 g/mol. The lowest BCUT2D eigenvalue weighted by atomic mass is 10.3. The number of rotatable bonds is 2. The Balaban J connectivity index is 2.34. The molecule has 5 nitrogen and oxygen atoms in total. The van der Waals surface area contributed by atoms with Crippen LogP contribution in [-0.2, 0) is 10.0 Å². The third-order valence-corrected chi connectivity index (χ3v) is 4.89. The van der Waals surface area contributed by atoms with E-state index in [1.165, 1.54) is 30.6 Å². The maximum Gasteiger partial charge on any atom is 0.268 e. The van der Waals surface area contributed by atoms with Gasteiger partial charge in [-0.1, -0.05) is 29.8 Å². The van der Waals surface area contributed by atoms with Crippen LogP contribution in [-0.4, -0.2) is 22.5 Å². The van der Waals surface area contributed by atoms with Gasteiger partial charge in [0.1, 0.15) is 11.3 Å². The molecule has 0 amide bonds. The molecule has 0 bridgehead atoms. The summed E-state index contributed by atoms with van der Waals surface area (Å²) < 4.78 is 26.2. The summed E-state index contributed by atoms with van der Waals surface area (Å²) in [7, 11) is -3.78. The summed E-state index contributed by atoms with van der Waals surface area (Å²) in [6, 6.07) is 9.47. The van der Waals surface area contributed by atoms with Gasteiger partial charge < -0.3 is 5.11 Å². The van der Waals surface area contributed by atoms with Gasteiger partial charge in [-0.25, -0.2) is 17.4 Å². The Bertz CT molecular complexity index is 889. The van der Waals surface area contributed by atoms with E-state index in [4.69, 9.17) is 11.6 Å². The molecule has 0 saturated carbocycles. The van der Waals surface area contributed by atoms with Gasteiger partial charge >= 0.3 is 0 Å². The summed E-state index contributed by atoms with van der Waals surface area (Å²) in [5.41, 5.74) is 0.163. The molecule has 0 saturated heterocycles. The number of aromatic nitrogens is 2. The highest BCUT2D eigenvalue weighted by molar-refractivity contribution is 7.90. The molecule has 3 rings (SSSR count). The third kappa shape index (κ3) is 1.85. The molecule has 102 valence electrons. The minimum absolute atomic E-state index is 0.0160. The minimum atomic E-state index is -3.78. The lowest BCUT2D eigenvalue weighted by molar-refractivity contribution is 0.479. The SMILES string of the molecule is O=S(=O)(c1ccccc1)n1ccc2c(O)cnc(Cl)c21. The van der Waals surface area contributed by atoms with E-state index in [1.54, 1.807) is 18.2 Å². The molecule has 0 spiro atoms. The van der Waals surface area contributed by atoms with Crippen molar-refractivity contribution >= 4 is 32.5 Å². The molecule has 0 aliphatic carbocycles. The Morgan fingerprint density at radius 1 is 1.15 bits per heavy atom. The average Bonchev–Trinajstić information content (AvgIpc) is 2.91. The zero-order valence-electron chi connectivity index (χ0n) is 10.1. The van der Waals surface area contributed by atoms with Gasteiger partial charge in [0.05, 0.1) is 11.1 Å². The zero-order valence-corrected chi connectivity index (χ0v) is 11.6. The first-order valence-corrected chi connectivity index (χ1v) is 7.49. The van der Waals surface area contributed by atoms with Gasteiger partial charge in [-0.3, -0.25) is 0 Å². The van der Waals surface area contributed by atoms with Crippen LogP contribution in [0.15, 0.2) is 53.7 Å². The molecule has 0 fully saturated rings. The highest BCUT2D eigenvalue weighted by atomic mass is 35.5. The summed E-state index contributed by atoms with van der Waals surface area (Å²) in [6.45, 7) is 0. The molecule has 0 unspecified atom stereocenters. The Morgan fingerprint density at radius 2 is 1.85 bits per heavy atom. The fourth-order valence-electron chi connectivity index (χ4n) is 1.98. The molecule has 1 aromatic carbocycles. The number of pyridine rings is 1. The van der Waals surface area contributed by atoms with E-state index in [9.17, 15) is 13.5 Å². The predicted octanol–water partition coefficient (Wildman–Crippen LogP) is 2.63. The molecule has 2 heterocycles. The first-order chi connectivity index (χ1) is 9.51. The highest BCUT2D eigenvalue weighted by Gasteiger charge is 2.21. The van der Waals surface area contributed by atoms with E-state index in [2.05, 4.69) is 4.98 Å². The van der Waals surface area contributed by atoms with Gasteiger partial charge in [-0.15, -0.1) is 0 Å². The van der Waals surface area contributed by atoms with E-state index >= 15 is 0 Å². The number of fused-ring (bicyclic) bond motifs is 1. The quantitative estimate of drug-likeness (QED) is 0.739. The van der Waals surface area contributed by atoms with Crippen LogP contribution in [0.2, 0.25) is 5.15 Å². The van der Waals surface area contributed by atoms with Crippen LogP contribution in [0.3, 0.4) is 0 Å². The van der Waals surface area contributed by atoms with Gasteiger partial charge in [-0.2, -0.15) is 0 Å². The van der Waals surface area contributed by atoms with Crippen molar-refractivity contribution in [2.45, 2.75) is 4.90 Å². The summed E-state index contributed by atoms with van der Waals surface area (Å²) in [5.74, 6) is -0.119. The minimum Gasteiger partial charge on any atom is -0.506 e. The molecule has 2 aromatic heterocycles. The van der Waals surface area contributed by atoms with Crippen molar-refractivity contribution in [3.63, 3.8) is 0 Å². The van der Waals surface area contributed by atoms with Crippen molar-refractivity contribution in [1.29, 1.82) is 0 Å². The van der Waals surface area contributed by atoms with E-state index in [0.717, 1.165) is 3.97 Å². The zero-order chi connectivity index (χ0) is 14.3. The second-order valence-electron chi connectivity index (χ2n) is 4.13. The van der Waals surface area contributed by atoms with Crippen molar-refractivity contribution in [2.75, 3.05) is 0 Å². The molecule has 0 radical (unpaired) electrons. The lowest BCUT2D eigenvalue weighted by Crippen LogP contribution is -2.12. The predicted molar refractivity (Wildman–Crippen MR) is 75.4 cm³/mol. The standard InChI is InChI=1S/C13H9ClN2O3S/c14-13-12-10(11(17)8-15-13)6-7-16(12)20(18,19)9-4-2-1-3-5-9/h1-8,17H. The molecule has 1 N–H and O–H groups in total. The number of aromatic hydroxyl groups is 1. The van der Waals surface area contributed by atoms with E-state index < -0.39 is 10.0 Å². The van der Waals surface area contributed by atoms with Crippen molar-refractivity contribution in [3.05, 3.63) is 53.9 Å². The number of nitrogens with zero attached hydrogens (tertiary/aromatic N) is 2. The van der Waals surface area contributed by atoms with Crippen molar-refractivity contribution in [2.24, 2.45) is 0 Å². The van der Waals surface area contributed by atoms with Crippen molar-refractivity contribution < 1.29 is 13.5 Å². The second kappa shape index (κ2) is 4.50. The van der Waals surface area contributed by atoms with Gasteiger partial charge in [0.2, 0.25) is 0 Å². The number of hydrogen-bond donors (Lipinski definition) is 1. The van der Waals surface area contributed by atoms with Crippen LogP contribution in [0.5, 0.6) is 5.75 Å². The molecule has 7 heteroatoms. The first kappa shape index (κ1) is 13.0. The molecule has 0 aliphatic heterocycles. The van der Waals surface area contributed by atoms with Crippen LogP contribution < -0.4 is 0 Å². The molecule has 3 aromatic rings. The average molecular weight is 309 g/mol. The summed E-state index contributed by atoms with van der Waals surface area (Å²) in [6.07, 6.45) is 2.53. The molecular formula is C13H9ClN2O3S.